The standard InChI is InChI=1S/C25H32N6O9S2/c1-12(2)27-24(36)38-8-6-7-13-9-41-20-16(29-18(32)15(30-37)14-10-42-23(26)28-14)19(33)31(20)17(13)21(34)39-11-40-22(35)25(3,4)5/h6-7,10,12,16,20,37H,8-9,11H2,1-5H3,(H2,26,28)(H,27,36)(H,29,32)/b7-6-,30-15-/t16?,20-/m0/s1. The van der Waals surface area contributed by atoms with Crippen molar-refractivity contribution < 1.29 is 43.4 Å². The van der Waals surface area contributed by atoms with Gasteiger partial charge in [-0.2, -0.15) is 0 Å². The average Bonchev–Trinajstić information content (AvgIpc) is 3.34. The molecule has 1 unspecified atom stereocenters. The fourth-order valence-electron chi connectivity index (χ4n) is 3.59. The van der Waals surface area contributed by atoms with Crippen molar-refractivity contribution in [1.29, 1.82) is 0 Å². The van der Waals surface area contributed by atoms with Gasteiger partial charge >= 0.3 is 18.0 Å². The molecule has 0 saturated carbocycles. The van der Waals surface area contributed by atoms with Gasteiger partial charge in [-0.1, -0.05) is 11.2 Å². The molecule has 3 rings (SSSR count). The van der Waals surface area contributed by atoms with Crippen LogP contribution in [0.3, 0.4) is 0 Å². The number of amides is 3. The second-order valence-electron chi connectivity index (χ2n) is 10.3. The summed E-state index contributed by atoms with van der Waals surface area (Å²) < 4.78 is 15.3. The zero-order chi connectivity index (χ0) is 31.2. The Balaban J connectivity index is 1.77. The summed E-state index contributed by atoms with van der Waals surface area (Å²) >= 11 is 2.29. The monoisotopic (exact) mass is 624 g/mol. The molecule has 0 aromatic carbocycles. The van der Waals surface area contributed by atoms with Crippen molar-refractivity contribution >= 4 is 63.8 Å². The first kappa shape index (κ1) is 32.4. The van der Waals surface area contributed by atoms with Gasteiger partial charge in [-0.25, -0.2) is 14.6 Å². The number of esters is 2. The van der Waals surface area contributed by atoms with E-state index < -0.39 is 59.2 Å². The number of β-lactam (4-membered cyclic amide) rings is 1. The number of rotatable bonds is 10. The van der Waals surface area contributed by atoms with Crippen molar-refractivity contribution in [2.75, 3.05) is 24.9 Å². The molecule has 1 aromatic rings. The molecule has 15 nitrogen and oxygen atoms in total. The molecule has 228 valence electrons. The van der Waals surface area contributed by atoms with Gasteiger partial charge < -0.3 is 35.8 Å². The highest BCUT2D eigenvalue weighted by molar-refractivity contribution is 8.00. The Morgan fingerprint density at radius 1 is 1.26 bits per heavy atom. The number of anilines is 1. The lowest BCUT2D eigenvalue weighted by molar-refractivity contribution is -0.173. The van der Waals surface area contributed by atoms with Crippen LogP contribution in [0.25, 0.3) is 0 Å². The summed E-state index contributed by atoms with van der Waals surface area (Å²) in [4.78, 5) is 68.0. The van der Waals surface area contributed by atoms with Gasteiger partial charge in [0.1, 0.15) is 29.4 Å². The molecular formula is C25H32N6O9S2. The summed E-state index contributed by atoms with van der Waals surface area (Å²) in [5.74, 6) is -2.82. The fraction of sp³-hybridized carbons (Fsp3) is 0.480. The van der Waals surface area contributed by atoms with Crippen LogP contribution in [0.2, 0.25) is 0 Å². The number of nitrogens with two attached hydrogens (primary N) is 1. The van der Waals surface area contributed by atoms with Crippen LogP contribution in [0.1, 0.15) is 40.3 Å². The summed E-state index contributed by atoms with van der Waals surface area (Å²) in [6, 6.07) is -1.18. The second kappa shape index (κ2) is 13.7. The van der Waals surface area contributed by atoms with Crippen molar-refractivity contribution in [2.24, 2.45) is 10.6 Å². The highest BCUT2D eigenvalue weighted by Crippen LogP contribution is 2.41. The number of alkyl carbamates (subject to hydrolysis) is 1. The number of thiazole rings is 1. The zero-order valence-corrected chi connectivity index (χ0v) is 25.2. The lowest BCUT2D eigenvalue weighted by Crippen LogP contribution is -2.71. The molecule has 2 atom stereocenters. The van der Waals surface area contributed by atoms with E-state index >= 15 is 0 Å². The number of fused-ring (bicyclic) bond motifs is 1. The molecule has 1 fully saturated rings. The van der Waals surface area contributed by atoms with E-state index in [2.05, 4.69) is 20.8 Å². The summed E-state index contributed by atoms with van der Waals surface area (Å²) in [6.07, 6.45) is 2.40. The maximum atomic E-state index is 13.2. The average molecular weight is 625 g/mol. The third kappa shape index (κ3) is 7.79. The molecule has 0 aliphatic carbocycles. The SMILES string of the molecule is CC(C)NC(=O)OC/C=C\C1=C(C(=O)OCOC(=O)C(C)(C)C)N2C(=O)C(NC(=O)/C(=N\O)c3csc(N)n3)[C@@H]2SC1. The topological polar surface area (TPSA) is 212 Å². The quantitative estimate of drug-likeness (QED) is 0.0725. The van der Waals surface area contributed by atoms with Gasteiger partial charge in [-0.15, -0.1) is 23.1 Å². The van der Waals surface area contributed by atoms with E-state index in [1.165, 1.54) is 29.3 Å². The molecule has 5 N–H and O–H groups in total. The number of carbonyl (C=O) groups excluding carboxylic acids is 5. The minimum Gasteiger partial charge on any atom is -0.445 e. The number of oxime groups is 1. The number of hydrogen-bond acceptors (Lipinski definition) is 14. The van der Waals surface area contributed by atoms with Crippen molar-refractivity contribution in [3.05, 3.63) is 34.5 Å². The van der Waals surface area contributed by atoms with Crippen LogP contribution in [-0.4, -0.2) is 87.3 Å². The predicted molar refractivity (Wildman–Crippen MR) is 152 cm³/mol. The molecule has 3 heterocycles. The van der Waals surface area contributed by atoms with Gasteiger partial charge in [0, 0.05) is 17.2 Å². The lowest BCUT2D eigenvalue weighted by Gasteiger charge is -2.49. The smallest absolute Gasteiger partial charge is 0.407 e. The molecule has 1 aromatic heterocycles. The number of nitrogens with zero attached hydrogens (tertiary/aromatic N) is 3. The maximum absolute atomic E-state index is 13.2. The minimum atomic E-state index is -1.06. The first-order chi connectivity index (χ1) is 19.7. The Morgan fingerprint density at radius 2 is 1.98 bits per heavy atom. The van der Waals surface area contributed by atoms with E-state index in [1.807, 2.05) is 0 Å². The molecule has 0 spiro atoms. The normalized spacial score (nSPS) is 18.9. The summed E-state index contributed by atoms with van der Waals surface area (Å²) in [6.45, 7) is 7.68. The van der Waals surface area contributed by atoms with Crippen LogP contribution in [0.15, 0.2) is 34.0 Å². The van der Waals surface area contributed by atoms with E-state index in [0.29, 0.717) is 5.57 Å². The van der Waals surface area contributed by atoms with Crippen LogP contribution >= 0.6 is 23.1 Å². The molecule has 17 heteroatoms. The number of nitrogens with one attached hydrogen (secondary N) is 2. The number of nitrogen functional groups attached to an aromatic ring is 1. The predicted octanol–water partition coefficient (Wildman–Crippen LogP) is 1.34. The van der Waals surface area contributed by atoms with Gasteiger partial charge in [-0.3, -0.25) is 19.3 Å². The third-order valence-electron chi connectivity index (χ3n) is 5.59. The first-order valence-corrected chi connectivity index (χ1v) is 14.5. The Hall–Kier alpha value is -4.12. The molecule has 0 bridgehead atoms. The van der Waals surface area contributed by atoms with Gasteiger partial charge in [0.2, 0.25) is 6.79 Å². The first-order valence-electron chi connectivity index (χ1n) is 12.6. The summed E-state index contributed by atoms with van der Waals surface area (Å²) in [7, 11) is 0. The molecule has 2 aliphatic rings. The van der Waals surface area contributed by atoms with Crippen molar-refractivity contribution in [3.63, 3.8) is 0 Å². The number of ether oxygens (including phenoxy) is 3. The molecule has 1 saturated heterocycles. The lowest BCUT2D eigenvalue weighted by atomic mass is 9.98. The van der Waals surface area contributed by atoms with Gasteiger partial charge in [0.15, 0.2) is 10.8 Å². The zero-order valence-electron chi connectivity index (χ0n) is 23.5. The van der Waals surface area contributed by atoms with Gasteiger partial charge in [-0.05, 0) is 46.3 Å². The van der Waals surface area contributed by atoms with Crippen LogP contribution < -0.4 is 16.4 Å². The highest BCUT2D eigenvalue weighted by atomic mass is 32.2. The van der Waals surface area contributed by atoms with Crippen molar-refractivity contribution in [2.45, 2.75) is 52.1 Å². The van der Waals surface area contributed by atoms with E-state index in [4.69, 9.17) is 19.9 Å². The van der Waals surface area contributed by atoms with Crippen LogP contribution in [0, 0.1) is 5.41 Å². The molecule has 42 heavy (non-hydrogen) atoms. The minimum absolute atomic E-state index is 0.0307. The summed E-state index contributed by atoms with van der Waals surface area (Å²) in [5.41, 5.74) is 4.62. The van der Waals surface area contributed by atoms with Crippen LogP contribution in [0.5, 0.6) is 0 Å². The number of thioether (sulfide) groups is 1. The Bertz CT molecular complexity index is 1330. The van der Waals surface area contributed by atoms with Crippen molar-refractivity contribution in [1.82, 2.24) is 20.5 Å². The molecule has 0 radical (unpaired) electrons. The van der Waals surface area contributed by atoms with Gasteiger partial charge in [0.25, 0.3) is 11.8 Å². The number of allylic oxidation sites excluding steroid dienone is 1. The Kier molecular flexibility index (Phi) is 10.6. The van der Waals surface area contributed by atoms with Crippen molar-refractivity contribution in [3.8, 4) is 0 Å². The van der Waals surface area contributed by atoms with E-state index in [9.17, 15) is 29.2 Å². The number of hydrogen-bond donors (Lipinski definition) is 4. The van der Waals surface area contributed by atoms with Crippen LogP contribution in [-0.2, 0) is 33.4 Å². The third-order valence-corrected chi connectivity index (χ3v) is 7.56. The maximum Gasteiger partial charge on any atom is 0.407 e. The highest BCUT2D eigenvalue weighted by Gasteiger charge is 2.54. The Labute approximate surface area is 249 Å². The second-order valence-corrected chi connectivity index (χ2v) is 12.3. The Morgan fingerprint density at radius 3 is 2.57 bits per heavy atom. The molecular weight excluding hydrogens is 592 g/mol. The van der Waals surface area contributed by atoms with E-state index in [-0.39, 0.29) is 34.9 Å². The number of aromatic nitrogens is 1. The number of carbonyl (C=O) groups is 5. The fourth-order valence-corrected chi connectivity index (χ4v) is 5.46. The van der Waals surface area contributed by atoms with E-state index in [0.717, 1.165) is 16.2 Å². The van der Waals surface area contributed by atoms with Crippen LogP contribution in [0.4, 0.5) is 9.93 Å². The molecule has 2 aliphatic heterocycles. The van der Waals surface area contributed by atoms with E-state index in [1.54, 1.807) is 34.6 Å². The largest absolute Gasteiger partial charge is 0.445 e. The summed E-state index contributed by atoms with van der Waals surface area (Å²) in [5, 5.41) is 18.3. The molecule has 3 amide bonds. The van der Waals surface area contributed by atoms with Gasteiger partial charge in [0.05, 0.1) is 5.41 Å².